The Balaban J connectivity index is 0.000000457. The summed E-state index contributed by atoms with van der Waals surface area (Å²) in [6, 6.07) is 3.68. The first-order valence-electron chi connectivity index (χ1n) is 5.41. The lowest BCUT2D eigenvalue weighted by Gasteiger charge is -2.09. The summed E-state index contributed by atoms with van der Waals surface area (Å²) >= 11 is 0. The van der Waals surface area contributed by atoms with Gasteiger partial charge < -0.3 is 0 Å². The second-order valence-electron chi connectivity index (χ2n) is 3.47. The molecule has 1 aromatic rings. The molecule has 0 aromatic heterocycles. The summed E-state index contributed by atoms with van der Waals surface area (Å²) in [6.07, 6.45) is 0. The minimum absolute atomic E-state index is 0.124. The van der Waals surface area contributed by atoms with Gasteiger partial charge in [0.25, 0.3) is 0 Å². The van der Waals surface area contributed by atoms with E-state index in [2.05, 4.69) is 16.2 Å². The summed E-state index contributed by atoms with van der Waals surface area (Å²) in [5.41, 5.74) is 7.73. The van der Waals surface area contributed by atoms with Crippen molar-refractivity contribution >= 4 is 5.84 Å². The zero-order chi connectivity index (χ0) is 11.7. The lowest BCUT2D eigenvalue weighted by Crippen LogP contribution is -2.37. The summed E-state index contributed by atoms with van der Waals surface area (Å²) < 4.78 is 13.7. The summed E-state index contributed by atoms with van der Waals surface area (Å²) in [7, 11) is 0. The molecule has 16 heavy (non-hydrogen) atoms. The van der Waals surface area contributed by atoms with Crippen molar-refractivity contribution in [2.45, 2.75) is 27.3 Å². The number of benzene rings is 1. The fourth-order valence-corrected chi connectivity index (χ4v) is 1.83. The Bertz CT molecular complexity index is 442. The van der Waals surface area contributed by atoms with Gasteiger partial charge in [-0.25, -0.2) is 9.93 Å². The van der Waals surface area contributed by atoms with Crippen LogP contribution in [0.25, 0.3) is 0 Å². The maximum absolute atomic E-state index is 13.7. The van der Waals surface area contributed by atoms with Gasteiger partial charge in [0.2, 0.25) is 0 Å². The first kappa shape index (κ1) is 10.9. The van der Waals surface area contributed by atoms with Crippen molar-refractivity contribution in [3.05, 3.63) is 34.6 Å². The van der Waals surface area contributed by atoms with E-state index in [-0.39, 0.29) is 5.82 Å². The van der Waals surface area contributed by atoms with Crippen LogP contribution in [-0.4, -0.2) is 10.8 Å². The molecule has 2 heterocycles. The number of nitrogens with one attached hydrogen (secondary N) is 2. The molecule has 86 valence electrons. The molecule has 2 aliphatic heterocycles. The van der Waals surface area contributed by atoms with E-state index in [9.17, 15) is 4.39 Å². The predicted octanol–water partition coefficient (Wildman–Crippen LogP) is 1.66. The quantitative estimate of drug-likeness (QED) is 0.701. The summed E-state index contributed by atoms with van der Waals surface area (Å²) in [5, 5.41) is 5.81. The van der Waals surface area contributed by atoms with Gasteiger partial charge in [-0.2, -0.15) is 0 Å². The number of aryl methyl sites for hydroxylation is 1. The molecule has 0 saturated heterocycles. The van der Waals surface area contributed by atoms with Crippen LogP contribution < -0.4 is 11.1 Å². The minimum Gasteiger partial charge on any atom is -0.266 e. The second-order valence-corrected chi connectivity index (χ2v) is 3.47. The van der Waals surface area contributed by atoms with E-state index in [0.717, 1.165) is 17.0 Å². The molecule has 2 N–H and O–H groups in total. The monoisotopic (exact) mass is 222 g/mol. The van der Waals surface area contributed by atoms with Crippen LogP contribution >= 0.6 is 0 Å². The van der Waals surface area contributed by atoms with Crippen molar-refractivity contribution in [2.24, 2.45) is 5.10 Å². The molecule has 0 radical (unpaired) electrons. The van der Waals surface area contributed by atoms with Crippen molar-refractivity contribution in [3.8, 4) is 0 Å². The Hall–Kier alpha value is -1.62. The van der Waals surface area contributed by atoms with Crippen LogP contribution in [-0.2, 0) is 6.54 Å². The van der Waals surface area contributed by atoms with E-state index in [1.54, 1.807) is 18.0 Å². The number of amidine groups is 1. The Labute approximate surface area is 94.1 Å². The zero-order valence-electron chi connectivity index (χ0n) is 9.63. The van der Waals surface area contributed by atoms with E-state index >= 15 is 0 Å². The van der Waals surface area contributed by atoms with Crippen LogP contribution in [0, 0.1) is 12.7 Å². The van der Waals surface area contributed by atoms with E-state index in [1.807, 2.05) is 19.9 Å². The van der Waals surface area contributed by atoms with Crippen LogP contribution in [0.4, 0.5) is 4.39 Å². The third-order valence-electron chi connectivity index (χ3n) is 2.60. The Kier molecular flexibility index (Phi) is 2.78. The van der Waals surface area contributed by atoms with Gasteiger partial charge >= 0.3 is 0 Å². The van der Waals surface area contributed by atoms with Crippen LogP contribution in [0.1, 0.15) is 30.5 Å². The number of hydrazone groups is 1. The fourth-order valence-electron chi connectivity index (χ4n) is 1.83. The molecule has 0 atom stereocenters. The molecule has 0 spiro atoms. The van der Waals surface area contributed by atoms with E-state index in [1.165, 1.54) is 0 Å². The number of hydrogen-bond acceptors (Lipinski definition) is 4. The third kappa shape index (κ3) is 1.44. The number of hydrazine groups is 2. The zero-order valence-corrected chi connectivity index (χ0v) is 9.63. The van der Waals surface area contributed by atoms with Gasteiger partial charge in [-0.3, -0.25) is 5.01 Å². The first-order chi connectivity index (χ1) is 7.77. The van der Waals surface area contributed by atoms with E-state index in [4.69, 9.17) is 0 Å². The van der Waals surface area contributed by atoms with Crippen LogP contribution in [0.5, 0.6) is 0 Å². The van der Waals surface area contributed by atoms with Crippen molar-refractivity contribution in [2.75, 3.05) is 0 Å². The molecular formula is C11H15FN4. The van der Waals surface area contributed by atoms with Gasteiger partial charge in [0.15, 0.2) is 5.84 Å². The summed E-state index contributed by atoms with van der Waals surface area (Å²) in [6.45, 7) is 6.29. The molecular weight excluding hydrogens is 207 g/mol. The molecule has 1 aromatic carbocycles. The van der Waals surface area contributed by atoms with Crippen molar-refractivity contribution < 1.29 is 4.39 Å². The van der Waals surface area contributed by atoms with Crippen LogP contribution in [0.15, 0.2) is 17.2 Å². The minimum atomic E-state index is -0.124. The van der Waals surface area contributed by atoms with Gasteiger partial charge in [0.05, 0.1) is 6.54 Å². The highest BCUT2D eigenvalue weighted by atomic mass is 19.1. The largest absolute Gasteiger partial charge is 0.266 e. The Morgan fingerprint density at radius 1 is 1.38 bits per heavy atom. The lowest BCUT2D eigenvalue weighted by molar-refractivity contribution is 0.294. The lowest BCUT2D eigenvalue weighted by atomic mass is 10.1. The molecule has 2 aliphatic rings. The van der Waals surface area contributed by atoms with Gasteiger partial charge in [0, 0.05) is 11.1 Å². The van der Waals surface area contributed by atoms with Gasteiger partial charge in [0.1, 0.15) is 5.82 Å². The highest BCUT2D eigenvalue weighted by molar-refractivity contribution is 6.02. The maximum Gasteiger partial charge on any atom is 0.173 e. The molecule has 0 unspecified atom stereocenters. The number of halogens is 1. The molecule has 5 heteroatoms. The smallest absolute Gasteiger partial charge is 0.173 e. The summed E-state index contributed by atoms with van der Waals surface area (Å²) in [4.78, 5) is 0. The molecule has 0 bridgehead atoms. The predicted molar refractivity (Wildman–Crippen MR) is 60.8 cm³/mol. The number of nitrogens with zero attached hydrogens (tertiary/aromatic N) is 2. The Morgan fingerprint density at radius 2 is 2.12 bits per heavy atom. The topological polar surface area (TPSA) is 39.7 Å². The molecule has 4 nitrogen and oxygen atoms in total. The van der Waals surface area contributed by atoms with E-state index in [0.29, 0.717) is 12.1 Å². The standard InChI is InChI=1S/C9H9FN4.C2H6/c1-5-2-3-6-7(8(5)10)4-14-9(6)11-12-13-14;1-2/h2-3,12-13H,4H2,1H3;1-2H3. The second kappa shape index (κ2) is 4.09. The molecule has 0 fully saturated rings. The number of fused-ring (bicyclic) bond motifs is 3. The van der Waals surface area contributed by atoms with Crippen molar-refractivity contribution in [3.63, 3.8) is 0 Å². The van der Waals surface area contributed by atoms with Crippen LogP contribution in [0.3, 0.4) is 0 Å². The van der Waals surface area contributed by atoms with Crippen molar-refractivity contribution in [1.29, 1.82) is 0 Å². The van der Waals surface area contributed by atoms with Gasteiger partial charge in [-0.05, 0) is 12.5 Å². The Morgan fingerprint density at radius 3 is 2.88 bits per heavy atom. The van der Waals surface area contributed by atoms with Gasteiger partial charge in [-0.15, -0.1) is 10.6 Å². The summed E-state index contributed by atoms with van der Waals surface area (Å²) in [5.74, 6) is 0.639. The average molecular weight is 222 g/mol. The third-order valence-corrected chi connectivity index (χ3v) is 2.60. The van der Waals surface area contributed by atoms with E-state index < -0.39 is 0 Å². The fraction of sp³-hybridized carbons (Fsp3) is 0.364. The highest BCUT2D eigenvalue weighted by Crippen LogP contribution is 2.27. The van der Waals surface area contributed by atoms with Crippen LogP contribution in [0.2, 0.25) is 0 Å². The highest BCUT2D eigenvalue weighted by Gasteiger charge is 2.31. The molecule has 0 aliphatic carbocycles. The molecule has 0 saturated carbocycles. The van der Waals surface area contributed by atoms with Crippen molar-refractivity contribution in [1.82, 2.24) is 16.1 Å². The van der Waals surface area contributed by atoms with Gasteiger partial charge in [-0.1, -0.05) is 26.0 Å². The number of rotatable bonds is 0. The molecule has 3 rings (SSSR count). The molecule has 0 amide bonds. The number of hydrogen-bond donors (Lipinski definition) is 2. The first-order valence-corrected chi connectivity index (χ1v) is 5.41. The normalized spacial score (nSPS) is 15.8. The SMILES string of the molecule is CC.Cc1ccc2c(c1F)CN1NNN=C21. The maximum atomic E-state index is 13.7. The average Bonchev–Trinajstić information content (AvgIpc) is 2.87.